The average molecular weight is 216 g/mol. The van der Waals surface area contributed by atoms with Crippen LogP contribution in [-0.2, 0) is 14.3 Å². The molecule has 0 spiro atoms. The molecule has 0 heterocycles. The van der Waals surface area contributed by atoms with Crippen LogP contribution in [0.4, 0.5) is 0 Å². The zero-order chi connectivity index (χ0) is 12.0. The molecule has 1 N–H and O–H groups in total. The SMILES string of the molecule is CCC(C)OC(=O)C(CC(C)C)C(=O)O. The Kier molecular flexibility index (Phi) is 5.97. The van der Waals surface area contributed by atoms with Gasteiger partial charge in [-0.3, -0.25) is 9.59 Å². The first-order valence-electron chi connectivity index (χ1n) is 5.31. The van der Waals surface area contributed by atoms with Gasteiger partial charge in [-0.05, 0) is 25.7 Å². The molecular weight excluding hydrogens is 196 g/mol. The van der Waals surface area contributed by atoms with Crippen molar-refractivity contribution >= 4 is 11.9 Å². The third kappa shape index (κ3) is 5.40. The van der Waals surface area contributed by atoms with Crippen molar-refractivity contribution in [1.82, 2.24) is 0 Å². The Balaban J connectivity index is 4.36. The normalized spacial score (nSPS) is 14.7. The monoisotopic (exact) mass is 216 g/mol. The largest absolute Gasteiger partial charge is 0.481 e. The fraction of sp³-hybridized carbons (Fsp3) is 0.818. The summed E-state index contributed by atoms with van der Waals surface area (Å²) in [7, 11) is 0. The maximum atomic E-state index is 11.5. The van der Waals surface area contributed by atoms with Gasteiger partial charge in [0.2, 0.25) is 0 Å². The second kappa shape index (κ2) is 6.43. The zero-order valence-electron chi connectivity index (χ0n) is 9.82. The lowest BCUT2D eigenvalue weighted by Gasteiger charge is -2.17. The van der Waals surface area contributed by atoms with Crippen LogP contribution in [0.5, 0.6) is 0 Å². The van der Waals surface area contributed by atoms with E-state index < -0.39 is 17.9 Å². The number of carbonyl (C=O) groups excluding carboxylic acids is 1. The molecule has 0 aromatic rings. The summed E-state index contributed by atoms with van der Waals surface area (Å²) in [5.41, 5.74) is 0. The summed E-state index contributed by atoms with van der Waals surface area (Å²) in [5, 5.41) is 8.88. The lowest BCUT2D eigenvalue weighted by molar-refractivity contribution is -0.162. The summed E-state index contributed by atoms with van der Waals surface area (Å²) in [6.07, 6.45) is 0.802. The number of aliphatic carboxylic acids is 1. The van der Waals surface area contributed by atoms with E-state index in [1.807, 2.05) is 20.8 Å². The Morgan fingerprint density at radius 1 is 1.27 bits per heavy atom. The molecular formula is C11H20O4. The molecule has 2 atom stereocenters. The summed E-state index contributed by atoms with van der Waals surface area (Å²) in [5.74, 6) is -2.59. The molecule has 0 saturated heterocycles. The topological polar surface area (TPSA) is 63.6 Å². The number of carbonyl (C=O) groups is 2. The second-order valence-corrected chi connectivity index (χ2v) is 4.18. The minimum atomic E-state index is -1.10. The fourth-order valence-electron chi connectivity index (χ4n) is 1.13. The van der Waals surface area contributed by atoms with Gasteiger partial charge < -0.3 is 9.84 Å². The molecule has 0 rings (SSSR count). The molecule has 0 aliphatic rings. The molecule has 2 unspecified atom stereocenters. The Bertz CT molecular complexity index is 223. The van der Waals surface area contributed by atoms with Gasteiger partial charge in [0.1, 0.15) is 0 Å². The van der Waals surface area contributed by atoms with Crippen LogP contribution in [0, 0.1) is 11.8 Å². The fourth-order valence-corrected chi connectivity index (χ4v) is 1.13. The Morgan fingerprint density at radius 3 is 2.13 bits per heavy atom. The molecule has 0 aromatic heterocycles. The maximum absolute atomic E-state index is 11.5. The highest BCUT2D eigenvalue weighted by atomic mass is 16.5. The first-order valence-corrected chi connectivity index (χ1v) is 5.31. The number of rotatable bonds is 6. The van der Waals surface area contributed by atoms with Crippen LogP contribution < -0.4 is 0 Å². The number of carboxylic acid groups (broad SMARTS) is 1. The molecule has 0 bridgehead atoms. The van der Waals surface area contributed by atoms with Crippen molar-refractivity contribution in [3.63, 3.8) is 0 Å². The molecule has 0 radical (unpaired) electrons. The highest BCUT2D eigenvalue weighted by Crippen LogP contribution is 2.15. The number of carboxylic acids is 1. The number of hydrogen-bond acceptors (Lipinski definition) is 3. The van der Waals surface area contributed by atoms with Crippen LogP contribution in [0.25, 0.3) is 0 Å². The van der Waals surface area contributed by atoms with Crippen molar-refractivity contribution < 1.29 is 19.4 Å². The van der Waals surface area contributed by atoms with E-state index in [4.69, 9.17) is 9.84 Å². The summed E-state index contributed by atoms with van der Waals surface area (Å²) < 4.78 is 5.00. The molecule has 4 nitrogen and oxygen atoms in total. The van der Waals surface area contributed by atoms with Crippen molar-refractivity contribution in [2.45, 2.75) is 46.6 Å². The van der Waals surface area contributed by atoms with Crippen LogP contribution in [-0.4, -0.2) is 23.1 Å². The van der Waals surface area contributed by atoms with Gasteiger partial charge >= 0.3 is 11.9 Å². The van der Waals surface area contributed by atoms with Crippen LogP contribution >= 0.6 is 0 Å². The minimum Gasteiger partial charge on any atom is -0.481 e. The quantitative estimate of drug-likeness (QED) is 0.545. The second-order valence-electron chi connectivity index (χ2n) is 4.18. The van der Waals surface area contributed by atoms with E-state index in [0.717, 1.165) is 0 Å². The Labute approximate surface area is 90.6 Å². The predicted molar refractivity (Wildman–Crippen MR) is 56.4 cm³/mol. The minimum absolute atomic E-state index is 0.163. The van der Waals surface area contributed by atoms with Gasteiger partial charge in [0.05, 0.1) is 6.10 Å². The van der Waals surface area contributed by atoms with Crippen LogP contribution in [0.1, 0.15) is 40.5 Å². The molecule has 0 saturated carbocycles. The summed E-state index contributed by atoms with van der Waals surface area (Å²) in [4.78, 5) is 22.3. The van der Waals surface area contributed by atoms with Crippen LogP contribution in [0.15, 0.2) is 0 Å². The van der Waals surface area contributed by atoms with Crippen molar-refractivity contribution in [2.75, 3.05) is 0 Å². The smallest absolute Gasteiger partial charge is 0.320 e. The van der Waals surface area contributed by atoms with Gasteiger partial charge in [0.15, 0.2) is 5.92 Å². The third-order valence-corrected chi connectivity index (χ3v) is 2.18. The summed E-state index contributed by atoms with van der Waals surface area (Å²) in [6.45, 7) is 7.40. The van der Waals surface area contributed by atoms with Crippen LogP contribution in [0.3, 0.4) is 0 Å². The van der Waals surface area contributed by atoms with Gasteiger partial charge in [-0.1, -0.05) is 20.8 Å². The van der Waals surface area contributed by atoms with Crippen molar-refractivity contribution in [3.8, 4) is 0 Å². The lowest BCUT2D eigenvalue weighted by Crippen LogP contribution is -2.29. The first-order chi connectivity index (χ1) is 6.88. The van der Waals surface area contributed by atoms with Gasteiger partial charge in [-0.25, -0.2) is 0 Å². The van der Waals surface area contributed by atoms with E-state index >= 15 is 0 Å². The first kappa shape index (κ1) is 13.9. The number of esters is 1. The molecule has 88 valence electrons. The molecule has 15 heavy (non-hydrogen) atoms. The van der Waals surface area contributed by atoms with E-state index in [-0.39, 0.29) is 12.0 Å². The highest BCUT2D eigenvalue weighted by molar-refractivity contribution is 5.93. The Morgan fingerprint density at radius 2 is 1.80 bits per heavy atom. The molecule has 0 aliphatic carbocycles. The lowest BCUT2D eigenvalue weighted by atomic mass is 9.97. The van der Waals surface area contributed by atoms with Crippen molar-refractivity contribution in [1.29, 1.82) is 0 Å². The average Bonchev–Trinajstić information content (AvgIpc) is 2.12. The standard InChI is InChI=1S/C11H20O4/c1-5-8(4)15-11(14)9(10(12)13)6-7(2)3/h7-9H,5-6H2,1-4H3,(H,12,13). The van der Waals surface area contributed by atoms with E-state index in [9.17, 15) is 9.59 Å². The summed E-state index contributed by atoms with van der Waals surface area (Å²) in [6, 6.07) is 0. The predicted octanol–water partition coefficient (Wildman–Crippen LogP) is 2.07. The zero-order valence-corrected chi connectivity index (χ0v) is 9.82. The van der Waals surface area contributed by atoms with E-state index in [0.29, 0.717) is 12.8 Å². The molecule has 4 heteroatoms. The highest BCUT2D eigenvalue weighted by Gasteiger charge is 2.29. The Hall–Kier alpha value is -1.06. The van der Waals surface area contributed by atoms with Gasteiger partial charge in [0, 0.05) is 0 Å². The molecule has 0 aliphatic heterocycles. The summed E-state index contributed by atoms with van der Waals surface area (Å²) >= 11 is 0. The van der Waals surface area contributed by atoms with Gasteiger partial charge in [-0.15, -0.1) is 0 Å². The van der Waals surface area contributed by atoms with E-state index in [1.165, 1.54) is 0 Å². The number of ether oxygens (including phenoxy) is 1. The van der Waals surface area contributed by atoms with Gasteiger partial charge in [-0.2, -0.15) is 0 Å². The molecule has 0 amide bonds. The van der Waals surface area contributed by atoms with Crippen molar-refractivity contribution in [3.05, 3.63) is 0 Å². The molecule has 0 fully saturated rings. The van der Waals surface area contributed by atoms with Crippen molar-refractivity contribution in [2.24, 2.45) is 11.8 Å². The van der Waals surface area contributed by atoms with E-state index in [2.05, 4.69) is 0 Å². The maximum Gasteiger partial charge on any atom is 0.320 e. The number of hydrogen-bond donors (Lipinski definition) is 1. The van der Waals surface area contributed by atoms with Gasteiger partial charge in [0.25, 0.3) is 0 Å². The third-order valence-electron chi connectivity index (χ3n) is 2.18. The van der Waals surface area contributed by atoms with Crippen LogP contribution in [0.2, 0.25) is 0 Å². The van der Waals surface area contributed by atoms with E-state index in [1.54, 1.807) is 6.92 Å². The molecule has 0 aromatic carbocycles.